The first-order valence-electron chi connectivity index (χ1n) is 9.23. The fraction of sp³-hybridized carbons (Fsp3) is 0.238. The third-order valence-corrected chi connectivity index (χ3v) is 5.01. The fourth-order valence-corrected chi connectivity index (χ4v) is 3.61. The topological polar surface area (TPSA) is 96.0 Å². The lowest BCUT2D eigenvalue weighted by molar-refractivity contribution is -0.117. The minimum absolute atomic E-state index is 0.0331. The van der Waals surface area contributed by atoms with Gasteiger partial charge in [-0.25, -0.2) is 0 Å². The van der Waals surface area contributed by atoms with Crippen LogP contribution in [0.2, 0.25) is 0 Å². The third kappa shape index (κ3) is 3.33. The summed E-state index contributed by atoms with van der Waals surface area (Å²) < 4.78 is 5.37. The summed E-state index contributed by atoms with van der Waals surface area (Å²) in [6.07, 6.45) is 1.29. The van der Waals surface area contributed by atoms with Crippen LogP contribution in [-0.4, -0.2) is 48.7 Å². The number of nitrogens with zero attached hydrogens (tertiary/aromatic N) is 2. The molecule has 0 aliphatic carbocycles. The number of carbonyl (C=O) groups is 4. The van der Waals surface area contributed by atoms with Crippen molar-refractivity contribution in [3.63, 3.8) is 0 Å². The molecule has 0 atom stereocenters. The lowest BCUT2D eigenvalue weighted by atomic mass is 10.1. The van der Waals surface area contributed by atoms with Crippen LogP contribution in [0.1, 0.15) is 33.6 Å². The molecule has 148 valence electrons. The Bertz CT molecular complexity index is 998. The SMILES string of the molecule is COc1cc(NC(=O)CN2C(=O)c3ccccc3C2=O)ccc1N1CCCC1=O. The molecule has 2 aromatic rings. The van der Waals surface area contributed by atoms with Crippen molar-refractivity contribution in [1.82, 2.24) is 4.90 Å². The maximum atomic E-state index is 12.4. The molecule has 2 heterocycles. The summed E-state index contributed by atoms with van der Waals surface area (Å²) in [4.78, 5) is 51.8. The lowest BCUT2D eigenvalue weighted by Crippen LogP contribution is -2.37. The Labute approximate surface area is 167 Å². The van der Waals surface area contributed by atoms with Gasteiger partial charge < -0.3 is 15.0 Å². The molecule has 2 aliphatic rings. The standard InChI is InChI=1S/C21H19N3O5/c1-29-17-11-13(8-9-16(17)23-10-4-7-19(23)26)22-18(25)12-24-20(27)14-5-2-3-6-15(14)21(24)28/h2-3,5-6,8-9,11H,4,7,10,12H2,1H3,(H,22,25). The van der Waals surface area contributed by atoms with Crippen molar-refractivity contribution in [1.29, 1.82) is 0 Å². The second-order valence-electron chi connectivity index (χ2n) is 6.83. The zero-order chi connectivity index (χ0) is 20.5. The van der Waals surface area contributed by atoms with Gasteiger partial charge in [0.15, 0.2) is 0 Å². The van der Waals surface area contributed by atoms with Gasteiger partial charge in [0.1, 0.15) is 12.3 Å². The Hall–Kier alpha value is -3.68. The number of amides is 4. The smallest absolute Gasteiger partial charge is 0.262 e. The Morgan fingerprint density at radius 1 is 1.07 bits per heavy atom. The number of carbonyl (C=O) groups excluding carboxylic acids is 4. The van der Waals surface area contributed by atoms with E-state index in [9.17, 15) is 19.2 Å². The number of imide groups is 1. The molecule has 29 heavy (non-hydrogen) atoms. The molecule has 0 bridgehead atoms. The minimum Gasteiger partial charge on any atom is -0.494 e. The van der Waals surface area contributed by atoms with Gasteiger partial charge in [-0.15, -0.1) is 0 Å². The molecule has 0 saturated carbocycles. The fourth-order valence-electron chi connectivity index (χ4n) is 3.61. The number of fused-ring (bicyclic) bond motifs is 1. The number of anilines is 2. The Morgan fingerprint density at radius 3 is 2.34 bits per heavy atom. The Morgan fingerprint density at radius 2 is 1.76 bits per heavy atom. The molecule has 1 saturated heterocycles. The Balaban J connectivity index is 1.47. The van der Waals surface area contributed by atoms with Crippen LogP contribution >= 0.6 is 0 Å². The molecule has 2 aliphatic heterocycles. The zero-order valence-corrected chi connectivity index (χ0v) is 15.8. The maximum Gasteiger partial charge on any atom is 0.262 e. The predicted octanol–water partition coefficient (Wildman–Crippen LogP) is 2.06. The van der Waals surface area contributed by atoms with Crippen LogP contribution in [0, 0.1) is 0 Å². The summed E-state index contributed by atoms with van der Waals surface area (Å²) in [5.74, 6) is -0.988. The van der Waals surface area contributed by atoms with Gasteiger partial charge in [-0.05, 0) is 30.7 Å². The van der Waals surface area contributed by atoms with E-state index in [1.807, 2.05) is 0 Å². The molecular weight excluding hydrogens is 374 g/mol. The van der Waals surface area contributed by atoms with Crippen LogP contribution in [-0.2, 0) is 9.59 Å². The van der Waals surface area contributed by atoms with Crippen LogP contribution in [0.3, 0.4) is 0 Å². The van der Waals surface area contributed by atoms with Crippen molar-refractivity contribution in [2.45, 2.75) is 12.8 Å². The average molecular weight is 393 g/mol. The number of benzene rings is 2. The normalized spacial score (nSPS) is 15.7. The monoisotopic (exact) mass is 393 g/mol. The second kappa shape index (κ2) is 7.38. The van der Waals surface area contributed by atoms with E-state index in [2.05, 4.69) is 5.32 Å². The van der Waals surface area contributed by atoms with E-state index in [0.717, 1.165) is 11.3 Å². The van der Waals surface area contributed by atoms with Gasteiger partial charge in [0.25, 0.3) is 11.8 Å². The van der Waals surface area contributed by atoms with Crippen LogP contribution in [0.15, 0.2) is 42.5 Å². The highest BCUT2D eigenvalue weighted by atomic mass is 16.5. The molecular formula is C21H19N3O5. The second-order valence-corrected chi connectivity index (χ2v) is 6.83. The molecule has 4 rings (SSSR count). The highest BCUT2D eigenvalue weighted by Gasteiger charge is 2.36. The summed E-state index contributed by atoms with van der Waals surface area (Å²) in [5, 5.41) is 2.67. The molecule has 1 fully saturated rings. The van der Waals surface area contributed by atoms with Gasteiger partial charge >= 0.3 is 0 Å². The van der Waals surface area contributed by atoms with Crippen LogP contribution < -0.4 is 15.0 Å². The highest BCUT2D eigenvalue weighted by Crippen LogP contribution is 2.34. The van der Waals surface area contributed by atoms with Crippen molar-refractivity contribution in [2.24, 2.45) is 0 Å². The van der Waals surface area contributed by atoms with Crippen molar-refractivity contribution in [3.05, 3.63) is 53.6 Å². The van der Waals surface area contributed by atoms with Crippen molar-refractivity contribution < 1.29 is 23.9 Å². The van der Waals surface area contributed by atoms with Gasteiger partial charge in [0.2, 0.25) is 11.8 Å². The number of rotatable bonds is 5. The third-order valence-electron chi connectivity index (χ3n) is 5.01. The summed E-state index contributed by atoms with van der Waals surface area (Å²) >= 11 is 0. The van der Waals surface area contributed by atoms with Crippen molar-refractivity contribution in [3.8, 4) is 5.75 Å². The minimum atomic E-state index is -0.508. The van der Waals surface area contributed by atoms with E-state index in [1.165, 1.54) is 7.11 Å². The van der Waals surface area contributed by atoms with E-state index in [1.54, 1.807) is 47.4 Å². The van der Waals surface area contributed by atoms with E-state index < -0.39 is 17.7 Å². The summed E-state index contributed by atoms with van der Waals surface area (Å²) in [6, 6.07) is 11.5. The van der Waals surface area contributed by atoms with Gasteiger partial charge in [-0.3, -0.25) is 24.1 Å². The number of methoxy groups -OCH3 is 1. The molecule has 2 aromatic carbocycles. The first-order valence-corrected chi connectivity index (χ1v) is 9.23. The van der Waals surface area contributed by atoms with Gasteiger partial charge in [0, 0.05) is 24.7 Å². The predicted molar refractivity (Wildman–Crippen MR) is 105 cm³/mol. The van der Waals surface area contributed by atoms with Crippen molar-refractivity contribution in [2.75, 3.05) is 30.4 Å². The number of ether oxygens (including phenoxy) is 1. The number of hydrogen-bond donors (Lipinski definition) is 1. The largest absolute Gasteiger partial charge is 0.494 e. The first kappa shape index (κ1) is 18.7. The average Bonchev–Trinajstić information content (AvgIpc) is 3.25. The summed E-state index contributed by atoms with van der Waals surface area (Å²) in [5.41, 5.74) is 1.69. The van der Waals surface area contributed by atoms with Crippen LogP contribution in [0.4, 0.5) is 11.4 Å². The number of hydrogen-bond acceptors (Lipinski definition) is 5. The molecule has 0 radical (unpaired) electrons. The quantitative estimate of drug-likeness (QED) is 0.785. The van der Waals surface area contributed by atoms with Gasteiger partial charge in [-0.1, -0.05) is 12.1 Å². The molecule has 8 nitrogen and oxygen atoms in total. The Kier molecular flexibility index (Phi) is 4.75. The van der Waals surface area contributed by atoms with Gasteiger partial charge in [0.05, 0.1) is 23.9 Å². The molecule has 0 unspecified atom stereocenters. The lowest BCUT2D eigenvalue weighted by Gasteiger charge is -2.20. The molecule has 8 heteroatoms. The molecule has 0 spiro atoms. The molecule has 4 amide bonds. The van der Waals surface area contributed by atoms with Gasteiger partial charge in [-0.2, -0.15) is 0 Å². The van der Waals surface area contributed by atoms with Crippen LogP contribution in [0.25, 0.3) is 0 Å². The zero-order valence-electron chi connectivity index (χ0n) is 15.8. The molecule has 1 N–H and O–H groups in total. The van der Waals surface area contributed by atoms with Crippen molar-refractivity contribution >= 4 is 35.0 Å². The molecule has 0 aromatic heterocycles. The van der Waals surface area contributed by atoms with E-state index in [0.29, 0.717) is 41.2 Å². The van der Waals surface area contributed by atoms with E-state index in [-0.39, 0.29) is 12.5 Å². The summed E-state index contributed by atoms with van der Waals surface area (Å²) in [6.45, 7) is 0.238. The highest BCUT2D eigenvalue weighted by molar-refractivity contribution is 6.22. The summed E-state index contributed by atoms with van der Waals surface area (Å²) in [7, 11) is 1.49. The van der Waals surface area contributed by atoms with Crippen LogP contribution in [0.5, 0.6) is 5.75 Å². The maximum absolute atomic E-state index is 12.4. The number of nitrogens with one attached hydrogen (secondary N) is 1. The van der Waals surface area contributed by atoms with E-state index in [4.69, 9.17) is 4.74 Å². The first-order chi connectivity index (χ1) is 14.0. The van der Waals surface area contributed by atoms with E-state index >= 15 is 0 Å².